The summed E-state index contributed by atoms with van der Waals surface area (Å²) in [6, 6.07) is 34.6. The lowest BCUT2D eigenvalue weighted by Crippen LogP contribution is -2.02. The standard InChI is InChI=1S/C42H34N4O/c1-25(2)29-10-7-11-30(26(3)4)39(29)35-13-8-12-34-32-18-16-28(24-37(32)42-44-20-22-46(42)40(34)35)47-27-15-17-31-33-9-5-6-14-38(33)45-21-19-43-41(45)36(31)23-27/h5-26H,1-4H3. The van der Waals surface area contributed by atoms with E-state index in [1.807, 2.05) is 18.6 Å². The molecule has 0 N–H and O–H groups in total. The van der Waals surface area contributed by atoms with Crippen molar-refractivity contribution in [3.8, 4) is 22.6 Å². The van der Waals surface area contributed by atoms with Gasteiger partial charge in [-0.3, -0.25) is 8.80 Å². The Hall–Kier alpha value is -5.68. The summed E-state index contributed by atoms with van der Waals surface area (Å²) in [6.45, 7) is 9.14. The molecule has 0 saturated heterocycles. The van der Waals surface area contributed by atoms with Crippen LogP contribution in [0.3, 0.4) is 0 Å². The molecule has 0 atom stereocenters. The van der Waals surface area contributed by atoms with Crippen LogP contribution in [0.15, 0.2) is 122 Å². The molecular weight excluding hydrogens is 576 g/mol. The molecule has 9 rings (SSSR count). The van der Waals surface area contributed by atoms with Crippen LogP contribution in [0.5, 0.6) is 11.5 Å². The predicted octanol–water partition coefficient (Wildman–Crippen LogP) is 11.3. The first-order valence-corrected chi connectivity index (χ1v) is 16.4. The van der Waals surface area contributed by atoms with Gasteiger partial charge in [0.2, 0.25) is 0 Å². The molecule has 0 aliphatic carbocycles. The molecule has 0 spiro atoms. The molecular formula is C42H34N4O. The molecule has 0 fully saturated rings. The Balaban J connectivity index is 1.22. The summed E-state index contributed by atoms with van der Waals surface area (Å²) in [4.78, 5) is 9.59. The molecule has 9 aromatic rings. The summed E-state index contributed by atoms with van der Waals surface area (Å²) < 4.78 is 11.0. The average Bonchev–Trinajstić information content (AvgIpc) is 3.79. The average molecular weight is 611 g/mol. The molecule has 0 radical (unpaired) electrons. The summed E-state index contributed by atoms with van der Waals surface area (Å²) in [6.07, 6.45) is 7.86. The molecule has 228 valence electrons. The van der Waals surface area contributed by atoms with Gasteiger partial charge in [0.15, 0.2) is 0 Å². The van der Waals surface area contributed by atoms with Crippen LogP contribution in [0.25, 0.3) is 65.8 Å². The van der Waals surface area contributed by atoms with E-state index in [2.05, 4.69) is 140 Å². The Morgan fingerprint density at radius 1 is 0.532 bits per heavy atom. The van der Waals surface area contributed by atoms with Crippen molar-refractivity contribution in [3.05, 3.63) is 133 Å². The molecule has 0 bridgehead atoms. The Labute approximate surface area is 272 Å². The SMILES string of the molecule is CC(C)c1cccc(C(C)C)c1-c1cccc2c3ccc(Oc4ccc5c6ccccc6n6ccnc6c5c4)cc3c3nccn3c12. The van der Waals surface area contributed by atoms with E-state index in [0.29, 0.717) is 11.8 Å². The largest absolute Gasteiger partial charge is 0.457 e. The van der Waals surface area contributed by atoms with Gasteiger partial charge in [0, 0.05) is 51.9 Å². The summed E-state index contributed by atoms with van der Waals surface area (Å²) in [7, 11) is 0. The molecule has 5 nitrogen and oxygen atoms in total. The van der Waals surface area contributed by atoms with Gasteiger partial charge in [-0.15, -0.1) is 0 Å². The minimum absolute atomic E-state index is 0.399. The highest BCUT2D eigenvalue weighted by molar-refractivity contribution is 6.16. The molecule has 0 aliphatic heterocycles. The Morgan fingerprint density at radius 2 is 1.11 bits per heavy atom. The highest BCUT2D eigenvalue weighted by Gasteiger charge is 2.21. The van der Waals surface area contributed by atoms with Crippen molar-refractivity contribution in [3.63, 3.8) is 0 Å². The lowest BCUT2D eigenvalue weighted by atomic mass is 9.84. The molecule has 0 unspecified atom stereocenters. The summed E-state index contributed by atoms with van der Waals surface area (Å²) in [5.74, 6) is 2.34. The summed E-state index contributed by atoms with van der Waals surface area (Å²) >= 11 is 0. The number of nitrogens with zero attached hydrogens (tertiary/aromatic N) is 4. The Morgan fingerprint density at radius 3 is 1.79 bits per heavy atom. The number of rotatable bonds is 5. The van der Waals surface area contributed by atoms with Gasteiger partial charge in [-0.2, -0.15) is 0 Å². The molecule has 0 saturated carbocycles. The third-order valence-electron chi connectivity index (χ3n) is 9.64. The molecule has 5 aromatic carbocycles. The van der Waals surface area contributed by atoms with Crippen molar-refractivity contribution in [1.29, 1.82) is 0 Å². The van der Waals surface area contributed by atoms with Crippen LogP contribution >= 0.6 is 0 Å². The second kappa shape index (κ2) is 10.4. The van der Waals surface area contributed by atoms with Crippen LogP contribution in [0.1, 0.15) is 50.7 Å². The van der Waals surface area contributed by atoms with E-state index in [4.69, 9.17) is 14.7 Å². The van der Waals surface area contributed by atoms with E-state index >= 15 is 0 Å². The number of fused-ring (bicyclic) bond motifs is 12. The fourth-order valence-electron chi connectivity index (χ4n) is 7.53. The number of hydrogen-bond donors (Lipinski definition) is 0. The number of pyridine rings is 2. The van der Waals surface area contributed by atoms with E-state index < -0.39 is 0 Å². The second-order valence-corrected chi connectivity index (χ2v) is 13.1. The zero-order valence-electron chi connectivity index (χ0n) is 26.9. The van der Waals surface area contributed by atoms with Crippen LogP contribution < -0.4 is 4.74 Å². The van der Waals surface area contributed by atoms with Gasteiger partial charge in [0.1, 0.15) is 22.8 Å². The number of benzene rings is 5. The van der Waals surface area contributed by atoms with Crippen LogP contribution in [-0.4, -0.2) is 18.8 Å². The van der Waals surface area contributed by atoms with E-state index in [9.17, 15) is 0 Å². The van der Waals surface area contributed by atoms with Gasteiger partial charge >= 0.3 is 0 Å². The highest BCUT2D eigenvalue weighted by atomic mass is 16.5. The lowest BCUT2D eigenvalue weighted by molar-refractivity contribution is 0.484. The third kappa shape index (κ3) is 4.16. The van der Waals surface area contributed by atoms with Crippen LogP contribution in [-0.2, 0) is 0 Å². The second-order valence-electron chi connectivity index (χ2n) is 13.1. The van der Waals surface area contributed by atoms with E-state index in [0.717, 1.165) is 49.9 Å². The minimum Gasteiger partial charge on any atom is -0.457 e. The number of imidazole rings is 2. The van der Waals surface area contributed by atoms with Crippen molar-refractivity contribution < 1.29 is 4.74 Å². The Bertz CT molecular complexity index is 2650. The van der Waals surface area contributed by atoms with Crippen molar-refractivity contribution in [2.75, 3.05) is 0 Å². The quantitative estimate of drug-likeness (QED) is 0.182. The fraction of sp³-hybridized carbons (Fsp3) is 0.143. The van der Waals surface area contributed by atoms with Crippen molar-refractivity contribution >= 4 is 54.6 Å². The maximum Gasteiger partial charge on any atom is 0.145 e. The van der Waals surface area contributed by atoms with Crippen LogP contribution in [0.4, 0.5) is 0 Å². The zero-order valence-corrected chi connectivity index (χ0v) is 26.9. The third-order valence-corrected chi connectivity index (χ3v) is 9.64. The van der Waals surface area contributed by atoms with Crippen molar-refractivity contribution in [2.24, 2.45) is 0 Å². The van der Waals surface area contributed by atoms with E-state index in [-0.39, 0.29) is 0 Å². The van der Waals surface area contributed by atoms with E-state index in [1.165, 1.54) is 38.5 Å². The van der Waals surface area contributed by atoms with Crippen molar-refractivity contribution in [1.82, 2.24) is 18.8 Å². The molecule has 4 heterocycles. The number of aromatic nitrogens is 4. The molecule has 4 aromatic heterocycles. The molecule has 0 amide bonds. The molecule has 47 heavy (non-hydrogen) atoms. The smallest absolute Gasteiger partial charge is 0.145 e. The van der Waals surface area contributed by atoms with Crippen LogP contribution in [0.2, 0.25) is 0 Å². The van der Waals surface area contributed by atoms with Gasteiger partial charge < -0.3 is 4.74 Å². The summed E-state index contributed by atoms with van der Waals surface area (Å²) in [5.41, 5.74) is 9.49. The zero-order chi connectivity index (χ0) is 31.8. The van der Waals surface area contributed by atoms with Crippen molar-refractivity contribution in [2.45, 2.75) is 39.5 Å². The first-order chi connectivity index (χ1) is 23.0. The maximum atomic E-state index is 6.57. The first kappa shape index (κ1) is 27.6. The van der Waals surface area contributed by atoms with Gasteiger partial charge in [-0.05, 0) is 81.8 Å². The fourth-order valence-corrected chi connectivity index (χ4v) is 7.53. The van der Waals surface area contributed by atoms with Gasteiger partial charge in [0.05, 0.1) is 11.0 Å². The topological polar surface area (TPSA) is 43.8 Å². The molecule has 0 aliphatic rings. The highest BCUT2D eigenvalue weighted by Crippen LogP contribution is 2.42. The minimum atomic E-state index is 0.399. The lowest BCUT2D eigenvalue weighted by Gasteiger charge is -2.22. The predicted molar refractivity (Wildman–Crippen MR) is 194 cm³/mol. The monoisotopic (exact) mass is 610 g/mol. The van der Waals surface area contributed by atoms with Crippen LogP contribution in [0, 0.1) is 0 Å². The maximum absolute atomic E-state index is 6.57. The normalized spacial score (nSPS) is 12.2. The Kier molecular flexibility index (Phi) is 6.13. The number of ether oxygens (including phenoxy) is 1. The van der Waals surface area contributed by atoms with Gasteiger partial charge in [0.25, 0.3) is 0 Å². The summed E-state index contributed by atoms with van der Waals surface area (Å²) in [5, 5.41) is 6.82. The number of hydrogen-bond acceptors (Lipinski definition) is 3. The number of para-hydroxylation sites is 2. The molecule has 5 heteroatoms. The van der Waals surface area contributed by atoms with Gasteiger partial charge in [-0.25, -0.2) is 9.97 Å². The van der Waals surface area contributed by atoms with Gasteiger partial charge in [-0.1, -0.05) is 82.3 Å². The first-order valence-electron chi connectivity index (χ1n) is 16.4. The van der Waals surface area contributed by atoms with E-state index in [1.54, 1.807) is 0 Å².